The van der Waals surface area contributed by atoms with E-state index in [-0.39, 0.29) is 5.56 Å². The smallest absolute Gasteiger partial charge is 0.405 e. The summed E-state index contributed by atoms with van der Waals surface area (Å²) in [4.78, 5) is 22.9. The fourth-order valence-electron chi connectivity index (χ4n) is 1.78. The second kappa shape index (κ2) is 6.46. The molecule has 0 fully saturated rings. The number of carbonyl (C=O) groups excluding carboxylic acids is 2. The molecule has 0 radical (unpaired) electrons. The average molecular weight is 311 g/mol. The minimum absolute atomic E-state index is 0.224. The highest BCUT2D eigenvalue weighted by Crippen LogP contribution is 2.16. The van der Waals surface area contributed by atoms with Crippen LogP contribution in [0.4, 0.5) is 13.2 Å². The molecule has 7 heteroatoms. The van der Waals surface area contributed by atoms with Crippen molar-refractivity contribution in [2.45, 2.75) is 6.18 Å². The Bertz CT molecular complexity index is 698. The van der Waals surface area contributed by atoms with Gasteiger partial charge in [-0.05, 0) is 22.9 Å². The van der Waals surface area contributed by atoms with Crippen LogP contribution in [0.1, 0.15) is 10.4 Å². The van der Waals surface area contributed by atoms with Crippen molar-refractivity contribution in [3.63, 3.8) is 0 Å². The molecule has 4 nitrogen and oxygen atoms in total. The van der Waals surface area contributed by atoms with Crippen LogP contribution in [0.3, 0.4) is 0 Å². The monoisotopic (exact) mass is 311 g/mol. The van der Waals surface area contributed by atoms with Crippen molar-refractivity contribution in [3.05, 3.63) is 48.0 Å². The minimum atomic E-state index is -4.50. The van der Waals surface area contributed by atoms with Crippen molar-refractivity contribution in [2.24, 2.45) is 0 Å². The Balaban J connectivity index is 1.92. The number of hydrogen-bond acceptors (Lipinski definition) is 3. The first kappa shape index (κ1) is 15.8. The van der Waals surface area contributed by atoms with Gasteiger partial charge in [-0.25, -0.2) is 4.79 Å². The summed E-state index contributed by atoms with van der Waals surface area (Å²) >= 11 is 0. The van der Waals surface area contributed by atoms with Gasteiger partial charge in [0.1, 0.15) is 6.54 Å². The summed E-state index contributed by atoms with van der Waals surface area (Å²) in [6, 6.07) is 12.2. The number of fused-ring (bicyclic) bond motifs is 1. The van der Waals surface area contributed by atoms with Gasteiger partial charge in [0.25, 0.3) is 5.91 Å². The van der Waals surface area contributed by atoms with Crippen molar-refractivity contribution in [3.8, 4) is 0 Å². The summed E-state index contributed by atoms with van der Waals surface area (Å²) in [7, 11) is 0. The molecular weight excluding hydrogens is 299 g/mol. The third-order valence-corrected chi connectivity index (χ3v) is 2.81. The number of amides is 1. The Hall–Kier alpha value is -2.57. The number of rotatable bonds is 4. The number of nitrogens with one attached hydrogen (secondary N) is 1. The maximum atomic E-state index is 11.9. The van der Waals surface area contributed by atoms with Crippen LogP contribution in [0, 0.1) is 0 Å². The van der Waals surface area contributed by atoms with Gasteiger partial charge in [-0.15, -0.1) is 0 Å². The molecule has 116 valence electrons. The molecule has 0 aromatic heterocycles. The topological polar surface area (TPSA) is 55.4 Å². The van der Waals surface area contributed by atoms with Crippen molar-refractivity contribution in [1.29, 1.82) is 0 Å². The molecule has 0 saturated carbocycles. The Morgan fingerprint density at radius 1 is 1.05 bits per heavy atom. The molecule has 2 aromatic rings. The number of halogens is 3. The summed E-state index contributed by atoms with van der Waals surface area (Å²) in [5.41, 5.74) is 0.224. The predicted molar refractivity (Wildman–Crippen MR) is 73.3 cm³/mol. The number of benzene rings is 2. The number of hydrogen-bond donors (Lipinski definition) is 1. The van der Waals surface area contributed by atoms with E-state index in [1.54, 1.807) is 17.4 Å². The SMILES string of the molecule is O=C(COC(=O)c1ccc2ccccc2c1)NCC(F)(F)F. The quantitative estimate of drug-likeness (QED) is 0.883. The van der Waals surface area contributed by atoms with Crippen LogP contribution in [-0.2, 0) is 9.53 Å². The average Bonchev–Trinajstić information content (AvgIpc) is 2.49. The standard InChI is InChI=1S/C15H12F3NO3/c16-15(17,18)9-19-13(20)8-22-14(21)12-6-5-10-3-1-2-4-11(10)7-12/h1-7H,8-9H2,(H,19,20). The lowest BCUT2D eigenvalue weighted by Crippen LogP contribution is -2.36. The van der Waals surface area contributed by atoms with Crippen molar-refractivity contribution in [2.75, 3.05) is 13.2 Å². The molecule has 0 atom stereocenters. The molecule has 22 heavy (non-hydrogen) atoms. The lowest BCUT2D eigenvalue weighted by molar-refractivity contribution is -0.140. The molecule has 0 aliphatic carbocycles. The molecule has 2 aromatic carbocycles. The third kappa shape index (κ3) is 4.47. The van der Waals surface area contributed by atoms with Crippen LogP contribution < -0.4 is 5.32 Å². The van der Waals surface area contributed by atoms with Gasteiger partial charge in [-0.2, -0.15) is 13.2 Å². The highest BCUT2D eigenvalue weighted by atomic mass is 19.4. The number of carbonyl (C=O) groups is 2. The molecule has 0 bridgehead atoms. The molecule has 0 spiro atoms. The van der Waals surface area contributed by atoms with Crippen LogP contribution in [0.5, 0.6) is 0 Å². The summed E-state index contributed by atoms with van der Waals surface area (Å²) in [6.07, 6.45) is -4.50. The zero-order valence-electron chi connectivity index (χ0n) is 11.3. The summed E-state index contributed by atoms with van der Waals surface area (Å²) in [5, 5.41) is 3.37. The van der Waals surface area contributed by atoms with Crippen molar-refractivity contribution in [1.82, 2.24) is 5.32 Å². The highest BCUT2D eigenvalue weighted by Gasteiger charge is 2.27. The van der Waals surface area contributed by atoms with Crippen LogP contribution in [0.15, 0.2) is 42.5 Å². The summed E-state index contributed by atoms with van der Waals surface area (Å²) in [6.45, 7) is -2.22. The summed E-state index contributed by atoms with van der Waals surface area (Å²) in [5.74, 6) is -1.78. The van der Waals surface area contributed by atoms with Crippen LogP contribution in [0.2, 0.25) is 0 Å². The van der Waals surface area contributed by atoms with Gasteiger partial charge in [-0.3, -0.25) is 4.79 Å². The van der Waals surface area contributed by atoms with Gasteiger partial charge in [0.05, 0.1) is 5.56 Å². The van der Waals surface area contributed by atoms with E-state index in [1.165, 1.54) is 6.07 Å². The van der Waals surface area contributed by atoms with E-state index in [9.17, 15) is 22.8 Å². The second-order valence-corrected chi connectivity index (χ2v) is 4.53. The molecule has 1 amide bonds. The van der Waals surface area contributed by atoms with E-state index in [0.29, 0.717) is 0 Å². The van der Waals surface area contributed by atoms with Crippen molar-refractivity contribution < 1.29 is 27.5 Å². The van der Waals surface area contributed by atoms with Crippen LogP contribution in [-0.4, -0.2) is 31.2 Å². The first-order chi connectivity index (χ1) is 10.3. The van der Waals surface area contributed by atoms with E-state index in [1.807, 2.05) is 24.3 Å². The minimum Gasteiger partial charge on any atom is -0.452 e. The Labute approximate surface area is 123 Å². The lowest BCUT2D eigenvalue weighted by atomic mass is 10.1. The van der Waals surface area contributed by atoms with Gasteiger partial charge in [0, 0.05) is 0 Å². The molecule has 2 rings (SSSR count). The zero-order valence-corrected chi connectivity index (χ0v) is 11.3. The fraction of sp³-hybridized carbons (Fsp3) is 0.200. The molecule has 1 N–H and O–H groups in total. The normalized spacial score (nSPS) is 11.2. The van der Waals surface area contributed by atoms with E-state index in [4.69, 9.17) is 0 Å². The maximum Gasteiger partial charge on any atom is 0.405 e. The fourth-order valence-corrected chi connectivity index (χ4v) is 1.78. The Morgan fingerprint density at radius 2 is 1.73 bits per heavy atom. The van der Waals surface area contributed by atoms with Gasteiger partial charge in [0.15, 0.2) is 6.61 Å². The van der Waals surface area contributed by atoms with E-state index < -0.39 is 31.2 Å². The number of ether oxygens (including phenoxy) is 1. The number of alkyl halides is 3. The van der Waals surface area contributed by atoms with E-state index >= 15 is 0 Å². The first-order valence-electron chi connectivity index (χ1n) is 6.34. The second-order valence-electron chi connectivity index (χ2n) is 4.53. The van der Waals surface area contributed by atoms with Crippen LogP contribution in [0.25, 0.3) is 10.8 Å². The molecule has 0 unspecified atom stereocenters. The largest absolute Gasteiger partial charge is 0.452 e. The van der Waals surface area contributed by atoms with Gasteiger partial charge in [0.2, 0.25) is 0 Å². The first-order valence-corrected chi connectivity index (χ1v) is 6.34. The molecule has 0 heterocycles. The van der Waals surface area contributed by atoms with Crippen molar-refractivity contribution >= 4 is 22.6 Å². The molecule has 0 aliphatic heterocycles. The predicted octanol–water partition coefficient (Wildman–Crippen LogP) is 2.68. The Morgan fingerprint density at radius 3 is 2.41 bits per heavy atom. The van der Waals surface area contributed by atoms with Gasteiger partial charge < -0.3 is 10.1 Å². The van der Waals surface area contributed by atoms with Gasteiger partial charge in [-0.1, -0.05) is 30.3 Å². The van der Waals surface area contributed by atoms with E-state index in [2.05, 4.69) is 4.74 Å². The van der Waals surface area contributed by atoms with Crippen LogP contribution >= 0.6 is 0 Å². The van der Waals surface area contributed by atoms with E-state index in [0.717, 1.165) is 10.8 Å². The zero-order chi connectivity index (χ0) is 16.2. The third-order valence-electron chi connectivity index (χ3n) is 2.81. The maximum absolute atomic E-state index is 11.9. The molecule has 0 aliphatic rings. The summed E-state index contributed by atoms with van der Waals surface area (Å²) < 4.78 is 40.4. The molecule has 0 saturated heterocycles. The molecular formula is C15H12F3NO3. The number of esters is 1. The highest BCUT2D eigenvalue weighted by molar-refractivity contribution is 5.96. The lowest BCUT2D eigenvalue weighted by Gasteiger charge is -2.09. The van der Waals surface area contributed by atoms with Gasteiger partial charge >= 0.3 is 12.1 Å². The Kier molecular flexibility index (Phi) is 4.65.